The summed E-state index contributed by atoms with van der Waals surface area (Å²) in [6, 6.07) is 21.7. The number of rotatable bonds is 15. The molecular formula is C39H45FN6O3. The second kappa shape index (κ2) is 16.3. The van der Waals surface area contributed by atoms with Gasteiger partial charge in [0.1, 0.15) is 17.0 Å². The van der Waals surface area contributed by atoms with E-state index in [0.29, 0.717) is 48.5 Å². The summed E-state index contributed by atoms with van der Waals surface area (Å²) in [6.45, 7) is 7.11. The molecule has 9 nitrogen and oxygen atoms in total. The molecule has 0 radical (unpaired) electrons. The van der Waals surface area contributed by atoms with Crippen molar-refractivity contribution in [3.8, 4) is 11.1 Å². The summed E-state index contributed by atoms with van der Waals surface area (Å²) in [5.74, 6) is -0.881. The van der Waals surface area contributed by atoms with E-state index in [-0.39, 0.29) is 29.9 Å². The Kier molecular flexibility index (Phi) is 11.7. The molecule has 2 N–H and O–H groups in total. The van der Waals surface area contributed by atoms with E-state index in [0.717, 1.165) is 36.1 Å². The Morgan fingerprint density at radius 3 is 2.39 bits per heavy atom. The standard InChI is InChI=1S/C39H45FN6O3/c1-5-12-36(47)42-31-18-16-27(17-19-31)32-23-37-45(24-28-13-8-9-15-34(28)40)25-33(38(48)43-29(6-2)7-3)39(49)46(37)35(32)26-44(4)22-20-30-14-10-11-21-41-30/h8-11,13-19,21,23,25,29H,5-7,12,20,22,24,26H2,1-4H3,(H,42,47)(H,43,48). The monoisotopic (exact) mass is 664 g/mol. The number of benzene rings is 2. The fourth-order valence-corrected chi connectivity index (χ4v) is 6.00. The quantitative estimate of drug-likeness (QED) is 0.130. The summed E-state index contributed by atoms with van der Waals surface area (Å²) in [7, 11) is 1.99. The minimum atomic E-state index is -0.459. The topological polar surface area (TPSA) is 101 Å². The van der Waals surface area contributed by atoms with Crippen molar-refractivity contribution >= 4 is 23.1 Å². The molecule has 0 fully saturated rings. The summed E-state index contributed by atoms with van der Waals surface area (Å²) >= 11 is 0. The van der Waals surface area contributed by atoms with Gasteiger partial charge in [0, 0.05) is 72.6 Å². The Morgan fingerprint density at radius 1 is 0.980 bits per heavy atom. The molecule has 2 aromatic carbocycles. The molecule has 0 aliphatic heterocycles. The normalized spacial score (nSPS) is 11.4. The number of halogens is 1. The average Bonchev–Trinajstić information content (AvgIpc) is 3.48. The molecule has 0 bridgehead atoms. The van der Waals surface area contributed by atoms with Gasteiger partial charge in [0.05, 0.1) is 6.54 Å². The van der Waals surface area contributed by atoms with Crippen LogP contribution in [0.4, 0.5) is 10.1 Å². The molecule has 0 aliphatic carbocycles. The summed E-state index contributed by atoms with van der Waals surface area (Å²) in [6.07, 6.45) is 6.67. The Morgan fingerprint density at radius 2 is 1.71 bits per heavy atom. The van der Waals surface area contributed by atoms with Gasteiger partial charge < -0.3 is 20.1 Å². The van der Waals surface area contributed by atoms with Gasteiger partial charge in [-0.2, -0.15) is 0 Å². The van der Waals surface area contributed by atoms with Crippen LogP contribution in [0.3, 0.4) is 0 Å². The Bertz CT molecular complexity index is 1950. The molecule has 0 saturated carbocycles. The molecule has 0 aliphatic rings. The number of aromatic nitrogens is 3. The van der Waals surface area contributed by atoms with E-state index in [4.69, 9.17) is 0 Å². The highest BCUT2D eigenvalue weighted by molar-refractivity contribution is 5.94. The van der Waals surface area contributed by atoms with Crippen molar-refractivity contribution in [1.82, 2.24) is 24.2 Å². The van der Waals surface area contributed by atoms with Crippen molar-refractivity contribution in [3.05, 3.63) is 124 Å². The zero-order chi connectivity index (χ0) is 34.9. The van der Waals surface area contributed by atoms with Crippen molar-refractivity contribution < 1.29 is 14.0 Å². The van der Waals surface area contributed by atoms with Crippen LogP contribution in [0.5, 0.6) is 0 Å². The molecule has 0 unspecified atom stereocenters. The van der Waals surface area contributed by atoms with Gasteiger partial charge in [-0.1, -0.05) is 57.2 Å². The van der Waals surface area contributed by atoms with Crippen LogP contribution >= 0.6 is 0 Å². The van der Waals surface area contributed by atoms with Gasteiger partial charge in [0.15, 0.2) is 0 Å². The number of amides is 2. The SMILES string of the molecule is CCCC(=O)Nc1ccc(-c2cc3n(Cc4ccccc4F)cc(C(=O)NC(CC)CC)c(=O)n3c2CN(C)CCc2ccccn2)cc1. The molecule has 3 heterocycles. The zero-order valence-corrected chi connectivity index (χ0v) is 28.7. The van der Waals surface area contributed by atoms with Gasteiger partial charge in [-0.15, -0.1) is 0 Å². The van der Waals surface area contributed by atoms with E-state index in [1.807, 2.05) is 76.3 Å². The van der Waals surface area contributed by atoms with Gasteiger partial charge in [-0.3, -0.25) is 23.8 Å². The summed E-state index contributed by atoms with van der Waals surface area (Å²) in [5, 5.41) is 5.95. The van der Waals surface area contributed by atoms with E-state index in [1.54, 1.807) is 39.6 Å². The first-order valence-corrected chi connectivity index (χ1v) is 17.0. The van der Waals surface area contributed by atoms with E-state index in [1.165, 1.54) is 6.07 Å². The van der Waals surface area contributed by atoms with Gasteiger partial charge in [0.25, 0.3) is 11.5 Å². The van der Waals surface area contributed by atoms with Gasteiger partial charge >= 0.3 is 0 Å². The summed E-state index contributed by atoms with van der Waals surface area (Å²) in [5.41, 5.74) is 4.50. The van der Waals surface area contributed by atoms with E-state index >= 15 is 0 Å². The number of nitrogens with one attached hydrogen (secondary N) is 2. The lowest BCUT2D eigenvalue weighted by molar-refractivity contribution is -0.116. The van der Waals surface area contributed by atoms with Crippen LogP contribution in [0, 0.1) is 5.82 Å². The van der Waals surface area contributed by atoms with Crippen molar-refractivity contribution in [2.45, 2.75) is 72.0 Å². The maximum absolute atomic E-state index is 15.0. The fourth-order valence-electron chi connectivity index (χ4n) is 6.00. The highest BCUT2D eigenvalue weighted by Gasteiger charge is 2.24. The van der Waals surface area contributed by atoms with Crippen molar-refractivity contribution in [2.24, 2.45) is 0 Å². The van der Waals surface area contributed by atoms with E-state index in [9.17, 15) is 18.8 Å². The molecule has 2 amide bonds. The van der Waals surface area contributed by atoms with Crippen LogP contribution in [0.2, 0.25) is 0 Å². The molecule has 0 saturated heterocycles. The largest absolute Gasteiger partial charge is 0.349 e. The van der Waals surface area contributed by atoms with Crippen molar-refractivity contribution in [2.75, 3.05) is 18.9 Å². The lowest BCUT2D eigenvalue weighted by Gasteiger charge is -2.19. The second-order valence-corrected chi connectivity index (χ2v) is 12.4. The smallest absolute Gasteiger partial charge is 0.270 e. The summed E-state index contributed by atoms with van der Waals surface area (Å²) in [4.78, 5) is 46.9. The molecule has 0 spiro atoms. The molecule has 256 valence electrons. The number of likely N-dealkylation sites (N-methyl/N-ethyl adjacent to an activating group) is 1. The Hall–Kier alpha value is -5.09. The lowest BCUT2D eigenvalue weighted by Crippen LogP contribution is -2.38. The summed E-state index contributed by atoms with van der Waals surface area (Å²) < 4.78 is 18.4. The van der Waals surface area contributed by atoms with Crippen LogP contribution < -0.4 is 16.2 Å². The van der Waals surface area contributed by atoms with Crippen LogP contribution in [0.1, 0.15) is 73.8 Å². The van der Waals surface area contributed by atoms with Crippen LogP contribution in [0.15, 0.2) is 90.0 Å². The van der Waals surface area contributed by atoms with Crippen molar-refractivity contribution in [3.63, 3.8) is 0 Å². The van der Waals surface area contributed by atoms with Gasteiger partial charge in [-0.05, 0) is 68.3 Å². The lowest BCUT2D eigenvalue weighted by atomic mass is 10.0. The predicted molar refractivity (Wildman–Crippen MR) is 192 cm³/mol. The molecule has 3 aromatic heterocycles. The number of carbonyl (C=O) groups excluding carboxylic acids is 2. The molecule has 10 heteroatoms. The van der Waals surface area contributed by atoms with Crippen LogP contribution in [-0.2, 0) is 24.3 Å². The Balaban J connectivity index is 1.66. The molecule has 0 atom stereocenters. The number of nitrogens with zero attached hydrogens (tertiary/aromatic N) is 4. The maximum atomic E-state index is 15.0. The van der Waals surface area contributed by atoms with Crippen LogP contribution in [-0.4, -0.2) is 50.3 Å². The van der Waals surface area contributed by atoms with Crippen molar-refractivity contribution in [1.29, 1.82) is 0 Å². The third-order valence-corrected chi connectivity index (χ3v) is 8.81. The van der Waals surface area contributed by atoms with Gasteiger partial charge in [-0.25, -0.2) is 4.39 Å². The van der Waals surface area contributed by atoms with E-state index in [2.05, 4.69) is 20.5 Å². The first-order valence-electron chi connectivity index (χ1n) is 17.0. The number of fused-ring (bicyclic) bond motifs is 1. The minimum absolute atomic E-state index is 0.00994. The first kappa shape index (κ1) is 35.2. The number of pyridine rings is 1. The maximum Gasteiger partial charge on any atom is 0.270 e. The number of hydrogen-bond donors (Lipinski definition) is 2. The highest BCUT2D eigenvalue weighted by Crippen LogP contribution is 2.30. The van der Waals surface area contributed by atoms with E-state index < -0.39 is 11.5 Å². The molecule has 49 heavy (non-hydrogen) atoms. The first-order chi connectivity index (χ1) is 23.7. The predicted octanol–water partition coefficient (Wildman–Crippen LogP) is 6.68. The van der Waals surface area contributed by atoms with Gasteiger partial charge in [0.2, 0.25) is 5.91 Å². The highest BCUT2D eigenvalue weighted by atomic mass is 19.1. The fraction of sp³-hybridized carbons (Fsp3) is 0.333. The molecule has 5 rings (SSSR count). The minimum Gasteiger partial charge on any atom is -0.349 e. The number of carbonyl (C=O) groups is 2. The Labute approximate surface area is 286 Å². The third-order valence-electron chi connectivity index (χ3n) is 8.81. The van der Waals surface area contributed by atoms with Crippen LogP contribution in [0.25, 0.3) is 16.8 Å². The molecule has 5 aromatic rings. The third kappa shape index (κ3) is 8.50. The zero-order valence-electron chi connectivity index (χ0n) is 28.7. The number of anilines is 1. The second-order valence-electron chi connectivity index (χ2n) is 12.4. The number of hydrogen-bond acceptors (Lipinski definition) is 5. The molecular weight excluding hydrogens is 619 g/mol. The average molecular weight is 665 g/mol.